The van der Waals surface area contributed by atoms with Gasteiger partial charge in [-0.3, -0.25) is 14.9 Å². The number of anilines is 3. The van der Waals surface area contributed by atoms with Gasteiger partial charge in [0.15, 0.2) is 6.10 Å². The first-order valence-corrected chi connectivity index (χ1v) is 10.5. The Kier molecular flexibility index (Phi) is 6.46. The van der Waals surface area contributed by atoms with Crippen molar-refractivity contribution in [3.05, 3.63) is 82.9 Å². The lowest BCUT2D eigenvalue weighted by Gasteiger charge is -2.23. The van der Waals surface area contributed by atoms with E-state index in [9.17, 15) is 14.4 Å². The Morgan fingerprint density at radius 1 is 1.03 bits per heavy atom. The summed E-state index contributed by atoms with van der Waals surface area (Å²) in [6, 6.07) is 18.6. The van der Waals surface area contributed by atoms with Gasteiger partial charge in [-0.15, -0.1) is 0 Å². The van der Waals surface area contributed by atoms with Crippen molar-refractivity contribution in [2.75, 3.05) is 16.0 Å². The molecule has 33 heavy (non-hydrogen) atoms. The van der Waals surface area contributed by atoms with Crippen LogP contribution < -0.4 is 20.7 Å². The lowest BCUT2D eigenvalue weighted by molar-refractivity contribution is -0.122. The van der Waals surface area contributed by atoms with Crippen LogP contribution >= 0.6 is 11.6 Å². The SMILES string of the molecule is C[C@H]1Oc2ccc(NC(=O)c3cc(Cl)cc(NC(=O)OCc4ccccc4)c3)cc2NC1=O. The largest absolute Gasteiger partial charge is 0.479 e. The summed E-state index contributed by atoms with van der Waals surface area (Å²) in [6.07, 6.45) is -1.26. The number of nitrogens with one attached hydrogen (secondary N) is 3. The maximum absolute atomic E-state index is 12.8. The van der Waals surface area contributed by atoms with Gasteiger partial charge in [0.1, 0.15) is 12.4 Å². The number of hydrogen-bond acceptors (Lipinski definition) is 5. The summed E-state index contributed by atoms with van der Waals surface area (Å²) in [4.78, 5) is 36.7. The molecule has 0 fully saturated rings. The Morgan fingerprint density at radius 3 is 2.61 bits per heavy atom. The second-order valence-corrected chi connectivity index (χ2v) is 7.77. The molecule has 0 unspecified atom stereocenters. The Labute approximate surface area is 194 Å². The quantitative estimate of drug-likeness (QED) is 0.488. The molecule has 3 aromatic rings. The number of halogens is 1. The van der Waals surface area contributed by atoms with E-state index in [1.807, 2.05) is 30.3 Å². The van der Waals surface area contributed by atoms with E-state index in [1.54, 1.807) is 25.1 Å². The molecule has 0 bridgehead atoms. The van der Waals surface area contributed by atoms with Crippen molar-refractivity contribution in [1.29, 1.82) is 0 Å². The molecule has 1 aliphatic rings. The van der Waals surface area contributed by atoms with Gasteiger partial charge >= 0.3 is 6.09 Å². The van der Waals surface area contributed by atoms with Gasteiger partial charge in [0.2, 0.25) is 0 Å². The molecule has 0 saturated carbocycles. The van der Waals surface area contributed by atoms with Gasteiger partial charge in [-0.1, -0.05) is 41.9 Å². The Hall–Kier alpha value is -4.04. The predicted molar refractivity (Wildman–Crippen MR) is 125 cm³/mol. The van der Waals surface area contributed by atoms with E-state index in [0.29, 0.717) is 22.8 Å². The standard InChI is InChI=1S/C24H20ClN3O5/c1-14-22(29)28-20-12-18(7-8-21(20)33-14)26-23(30)16-9-17(25)11-19(10-16)27-24(31)32-13-15-5-3-2-4-6-15/h2-12,14H,13H2,1H3,(H,26,30)(H,27,31)(H,28,29)/t14-/m1/s1. The summed E-state index contributed by atoms with van der Waals surface area (Å²) < 4.78 is 10.7. The van der Waals surface area contributed by atoms with E-state index < -0.39 is 18.1 Å². The molecule has 1 heterocycles. The lowest BCUT2D eigenvalue weighted by atomic mass is 10.1. The van der Waals surface area contributed by atoms with Crippen LogP contribution in [0.4, 0.5) is 21.9 Å². The van der Waals surface area contributed by atoms with E-state index in [2.05, 4.69) is 16.0 Å². The highest BCUT2D eigenvalue weighted by Crippen LogP contribution is 2.32. The van der Waals surface area contributed by atoms with Crippen molar-refractivity contribution >= 4 is 46.6 Å². The topological polar surface area (TPSA) is 106 Å². The molecule has 1 aliphatic heterocycles. The molecule has 0 radical (unpaired) electrons. The number of carbonyl (C=O) groups is 3. The first kappa shape index (κ1) is 22.2. The molecule has 0 saturated heterocycles. The van der Waals surface area contributed by atoms with Crippen molar-refractivity contribution in [3.8, 4) is 5.75 Å². The lowest BCUT2D eigenvalue weighted by Crippen LogP contribution is -2.34. The molecular weight excluding hydrogens is 446 g/mol. The minimum Gasteiger partial charge on any atom is -0.479 e. The number of ether oxygens (including phenoxy) is 2. The number of benzene rings is 3. The fourth-order valence-electron chi connectivity index (χ4n) is 3.16. The van der Waals surface area contributed by atoms with Crippen molar-refractivity contribution in [2.45, 2.75) is 19.6 Å². The van der Waals surface area contributed by atoms with Crippen LogP contribution in [0.2, 0.25) is 5.02 Å². The number of rotatable bonds is 5. The summed E-state index contributed by atoms with van der Waals surface area (Å²) in [7, 11) is 0. The van der Waals surface area contributed by atoms with Gasteiger partial charge in [-0.2, -0.15) is 0 Å². The van der Waals surface area contributed by atoms with Crippen LogP contribution in [0.1, 0.15) is 22.8 Å². The van der Waals surface area contributed by atoms with E-state index in [0.717, 1.165) is 5.56 Å². The molecule has 0 aliphatic carbocycles. The Bertz CT molecular complexity index is 1220. The predicted octanol–water partition coefficient (Wildman–Crippen LogP) is 5.06. The van der Waals surface area contributed by atoms with E-state index in [1.165, 1.54) is 18.2 Å². The monoisotopic (exact) mass is 465 g/mol. The maximum Gasteiger partial charge on any atom is 0.411 e. The molecule has 168 valence electrons. The minimum absolute atomic E-state index is 0.109. The van der Waals surface area contributed by atoms with Crippen molar-refractivity contribution < 1.29 is 23.9 Å². The van der Waals surface area contributed by atoms with E-state index >= 15 is 0 Å². The summed E-state index contributed by atoms with van der Waals surface area (Å²) >= 11 is 6.14. The highest BCUT2D eigenvalue weighted by Gasteiger charge is 2.23. The van der Waals surface area contributed by atoms with Crippen LogP contribution in [0.15, 0.2) is 66.7 Å². The Morgan fingerprint density at radius 2 is 1.82 bits per heavy atom. The molecule has 1 atom stereocenters. The molecule has 4 rings (SSSR count). The zero-order valence-corrected chi connectivity index (χ0v) is 18.3. The molecule has 3 aromatic carbocycles. The maximum atomic E-state index is 12.8. The summed E-state index contributed by atoms with van der Waals surface area (Å²) in [5.41, 5.74) is 2.30. The van der Waals surface area contributed by atoms with Gasteiger partial charge < -0.3 is 20.1 Å². The van der Waals surface area contributed by atoms with Gasteiger partial charge in [-0.05, 0) is 48.9 Å². The molecule has 3 N–H and O–H groups in total. The third-order valence-electron chi connectivity index (χ3n) is 4.79. The van der Waals surface area contributed by atoms with Crippen molar-refractivity contribution in [2.24, 2.45) is 0 Å². The van der Waals surface area contributed by atoms with Crippen molar-refractivity contribution in [3.63, 3.8) is 0 Å². The fraction of sp³-hybridized carbons (Fsp3) is 0.125. The van der Waals surface area contributed by atoms with Crippen LogP contribution in [0.3, 0.4) is 0 Å². The van der Waals surface area contributed by atoms with Gasteiger partial charge in [0.05, 0.1) is 5.69 Å². The smallest absolute Gasteiger partial charge is 0.411 e. The van der Waals surface area contributed by atoms with Crippen LogP contribution in [-0.4, -0.2) is 24.0 Å². The second kappa shape index (κ2) is 9.62. The third kappa shape index (κ3) is 5.61. The van der Waals surface area contributed by atoms with E-state index in [-0.39, 0.29) is 23.1 Å². The van der Waals surface area contributed by atoms with E-state index in [4.69, 9.17) is 21.1 Å². The number of hydrogen-bond donors (Lipinski definition) is 3. The highest BCUT2D eigenvalue weighted by atomic mass is 35.5. The zero-order valence-electron chi connectivity index (χ0n) is 17.6. The summed E-state index contributed by atoms with van der Waals surface area (Å²) in [6.45, 7) is 1.76. The molecular formula is C24H20ClN3O5. The second-order valence-electron chi connectivity index (χ2n) is 7.33. The zero-order chi connectivity index (χ0) is 23.4. The number of fused-ring (bicyclic) bond motifs is 1. The first-order valence-electron chi connectivity index (χ1n) is 10.1. The molecule has 8 nitrogen and oxygen atoms in total. The molecule has 0 spiro atoms. The third-order valence-corrected chi connectivity index (χ3v) is 5.01. The Balaban J connectivity index is 1.42. The average Bonchev–Trinajstić information content (AvgIpc) is 2.79. The summed E-state index contributed by atoms with van der Waals surface area (Å²) in [5.74, 6) is -0.200. The molecule has 9 heteroatoms. The van der Waals surface area contributed by atoms with Crippen molar-refractivity contribution in [1.82, 2.24) is 0 Å². The normalized spacial score (nSPS) is 14.4. The minimum atomic E-state index is -0.674. The molecule has 0 aromatic heterocycles. The average molecular weight is 466 g/mol. The number of amides is 3. The molecule has 3 amide bonds. The highest BCUT2D eigenvalue weighted by molar-refractivity contribution is 6.31. The van der Waals surface area contributed by atoms with Crippen LogP contribution in [0.25, 0.3) is 0 Å². The van der Waals surface area contributed by atoms with Gasteiger partial charge in [0, 0.05) is 22.0 Å². The fourth-order valence-corrected chi connectivity index (χ4v) is 3.39. The number of carbonyl (C=O) groups excluding carboxylic acids is 3. The summed E-state index contributed by atoms with van der Waals surface area (Å²) in [5, 5.41) is 8.31. The van der Waals surface area contributed by atoms with Crippen LogP contribution in [-0.2, 0) is 16.1 Å². The van der Waals surface area contributed by atoms with Crippen LogP contribution in [0, 0.1) is 0 Å². The first-order chi connectivity index (χ1) is 15.9. The van der Waals surface area contributed by atoms with Gasteiger partial charge in [-0.25, -0.2) is 4.79 Å². The van der Waals surface area contributed by atoms with Crippen LogP contribution in [0.5, 0.6) is 5.75 Å². The van der Waals surface area contributed by atoms with Gasteiger partial charge in [0.25, 0.3) is 11.8 Å².